The molecule has 0 radical (unpaired) electrons. The van der Waals surface area contributed by atoms with Crippen LogP contribution in [-0.4, -0.2) is 25.9 Å². The molecule has 0 heterocycles. The number of hydrogen-bond donors (Lipinski definition) is 1. The van der Waals surface area contributed by atoms with Crippen LogP contribution < -0.4 is 0 Å². The van der Waals surface area contributed by atoms with Crippen molar-refractivity contribution in [1.82, 2.24) is 0 Å². The van der Waals surface area contributed by atoms with E-state index >= 15 is 0 Å². The second-order valence-electron chi connectivity index (χ2n) is 2.75. The molecule has 0 aliphatic rings. The van der Waals surface area contributed by atoms with E-state index in [1.807, 2.05) is 0 Å². The van der Waals surface area contributed by atoms with Gasteiger partial charge in [-0.1, -0.05) is 30.4 Å². The number of benzene rings is 1. The fourth-order valence-corrected chi connectivity index (χ4v) is 2.15. The Morgan fingerprint density at radius 3 is 2.36 bits per heavy atom. The summed E-state index contributed by atoms with van der Waals surface area (Å²) in [4.78, 5) is 0.308. The first-order chi connectivity index (χ1) is 6.67. The van der Waals surface area contributed by atoms with Crippen molar-refractivity contribution in [1.29, 1.82) is 0 Å². The first kappa shape index (κ1) is 10.9. The van der Waals surface area contributed by atoms with Crippen LogP contribution in [-0.2, 0) is 9.84 Å². The third-order valence-corrected chi connectivity index (χ3v) is 3.31. The lowest BCUT2D eigenvalue weighted by molar-refractivity contribution is 0.342. The van der Waals surface area contributed by atoms with Gasteiger partial charge in [-0.2, -0.15) is 0 Å². The molecule has 0 saturated heterocycles. The zero-order valence-corrected chi connectivity index (χ0v) is 8.44. The molecule has 0 atom stereocenters. The topological polar surface area (TPSA) is 54.4 Å². The van der Waals surface area contributed by atoms with Crippen LogP contribution in [0.4, 0.5) is 0 Å². The van der Waals surface area contributed by atoms with Crippen molar-refractivity contribution in [2.45, 2.75) is 4.90 Å². The van der Waals surface area contributed by atoms with Crippen LogP contribution >= 0.6 is 0 Å². The predicted molar refractivity (Wildman–Crippen MR) is 54.7 cm³/mol. The SMILES string of the molecule is O=S(=O)(C/C=C\CO)c1ccccc1. The van der Waals surface area contributed by atoms with E-state index in [2.05, 4.69) is 0 Å². The Bertz CT molecular complexity index is 393. The van der Waals surface area contributed by atoms with E-state index < -0.39 is 9.84 Å². The minimum atomic E-state index is -3.23. The maximum absolute atomic E-state index is 11.6. The van der Waals surface area contributed by atoms with Gasteiger partial charge in [0.2, 0.25) is 0 Å². The van der Waals surface area contributed by atoms with Gasteiger partial charge in [-0.15, -0.1) is 0 Å². The van der Waals surface area contributed by atoms with Gasteiger partial charge >= 0.3 is 0 Å². The van der Waals surface area contributed by atoms with Crippen LogP contribution in [0.25, 0.3) is 0 Å². The normalized spacial score (nSPS) is 12.1. The van der Waals surface area contributed by atoms with Gasteiger partial charge in [0.15, 0.2) is 9.84 Å². The molecule has 0 amide bonds. The summed E-state index contributed by atoms with van der Waals surface area (Å²) in [7, 11) is -3.23. The summed E-state index contributed by atoms with van der Waals surface area (Å²) in [6.45, 7) is -0.135. The smallest absolute Gasteiger partial charge is 0.181 e. The molecule has 3 nitrogen and oxygen atoms in total. The van der Waals surface area contributed by atoms with Crippen molar-refractivity contribution >= 4 is 9.84 Å². The van der Waals surface area contributed by atoms with Gasteiger partial charge in [-0.25, -0.2) is 8.42 Å². The van der Waals surface area contributed by atoms with E-state index in [-0.39, 0.29) is 12.4 Å². The Kier molecular flexibility index (Phi) is 3.85. The van der Waals surface area contributed by atoms with Gasteiger partial charge < -0.3 is 5.11 Å². The summed E-state index contributed by atoms with van der Waals surface area (Å²) in [5.74, 6) is -0.0719. The quantitative estimate of drug-likeness (QED) is 0.758. The van der Waals surface area contributed by atoms with Crippen LogP contribution in [0.1, 0.15) is 0 Å². The highest BCUT2D eigenvalue weighted by molar-refractivity contribution is 7.91. The molecule has 0 unspecified atom stereocenters. The molecule has 1 rings (SSSR count). The Balaban J connectivity index is 2.82. The summed E-state index contributed by atoms with van der Waals surface area (Å²) < 4.78 is 23.1. The molecule has 14 heavy (non-hydrogen) atoms. The van der Waals surface area contributed by atoms with E-state index in [0.717, 1.165) is 0 Å². The molecule has 0 fully saturated rings. The molecular weight excluding hydrogens is 200 g/mol. The molecule has 1 N–H and O–H groups in total. The summed E-state index contributed by atoms with van der Waals surface area (Å²) in [6, 6.07) is 8.25. The van der Waals surface area contributed by atoms with E-state index in [4.69, 9.17) is 5.11 Å². The van der Waals surface area contributed by atoms with Gasteiger partial charge in [0.05, 0.1) is 17.3 Å². The predicted octanol–water partition coefficient (Wildman–Crippen LogP) is 1.01. The molecule has 0 bridgehead atoms. The molecule has 76 valence electrons. The zero-order valence-electron chi connectivity index (χ0n) is 7.63. The fraction of sp³-hybridized carbons (Fsp3) is 0.200. The van der Waals surface area contributed by atoms with Crippen molar-refractivity contribution in [2.24, 2.45) is 0 Å². The largest absolute Gasteiger partial charge is 0.392 e. The highest BCUT2D eigenvalue weighted by atomic mass is 32.2. The summed E-state index contributed by atoms with van der Waals surface area (Å²) in [5.41, 5.74) is 0. The molecule has 1 aromatic rings. The highest BCUT2D eigenvalue weighted by Gasteiger charge is 2.10. The Hall–Kier alpha value is -1.13. The van der Waals surface area contributed by atoms with Crippen molar-refractivity contribution in [3.05, 3.63) is 42.5 Å². The summed E-state index contributed by atoms with van der Waals surface area (Å²) in [6.07, 6.45) is 2.86. The molecule has 4 heteroatoms. The van der Waals surface area contributed by atoms with E-state index in [1.165, 1.54) is 12.2 Å². The van der Waals surface area contributed by atoms with Crippen molar-refractivity contribution in [2.75, 3.05) is 12.4 Å². The Morgan fingerprint density at radius 1 is 1.14 bits per heavy atom. The van der Waals surface area contributed by atoms with Crippen LogP contribution in [0.3, 0.4) is 0 Å². The lowest BCUT2D eigenvalue weighted by Crippen LogP contribution is -2.04. The van der Waals surface area contributed by atoms with Gasteiger partial charge in [0.1, 0.15) is 0 Å². The summed E-state index contributed by atoms with van der Waals surface area (Å²) >= 11 is 0. The number of aliphatic hydroxyl groups is 1. The molecule has 0 saturated carbocycles. The van der Waals surface area contributed by atoms with Crippen molar-refractivity contribution < 1.29 is 13.5 Å². The molecule has 0 aromatic heterocycles. The number of rotatable bonds is 4. The van der Waals surface area contributed by atoms with Crippen LogP contribution in [0.2, 0.25) is 0 Å². The number of aliphatic hydroxyl groups excluding tert-OH is 1. The van der Waals surface area contributed by atoms with Crippen LogP contribution in [0, 0.1) is 0 Å². The fourth-order valence-electron chi connectivity index (χ4n) is 0.993. The minimum Gasteiger partial charge on any atom is -0.392 e. The molecule has 1 aromatic carbocycles. The maximum Gasteiger partial charge on any atom is 0.181 e. The average molecular weight is 212 g/mol. The van der Waals surface area contributed by atoms with Gasteiger partial charge in [-0.05, 0) is 12.1 Å². The van der Waals surface area contributed by atoms with Gasteiger partial charge in [-0.3, -0.25) is 0 Å². The standard InChI is InChI=1S/C10H12O3S/c11-8-4-5-9-14(12,13)10-6-2-1-3-7-10/h1-7,11H,8-9H2/b5-4-. The number of sulfone groups is 1. The van der Waals surface area contributed by atoms with E-state index in [9.17, 15) is 8.42 Å². The first-order valence-corrected chi connectivity index (χ1v) is 5.86. The molecule has 0 spiro atoms. The lowest BCUT2D eigenvalue weighted by Gasteiger charge is -1.99. The second-order valence-corrected chi connectivity index (χ2v) is 4.78. The van der Waals surface area contributed by atoms with Gasteiger partial charge in [0.25, 0.3) is 0 Å². The molecule has 0 aliphatic heterocycles. The lowest BCUT2D eigenvalue weighted by atomic mass is 10.4. The van der Waals surface area contributed by atoms with E-state index in [1.54, 1.807) is 30.3 Å². The van der Waals surface area contributed by atoms with Crippen molar-refractivity contribution in [3.63, 3.8) is 0 Å². The average Bonchev–Trinajstić information content (AvgIpc) is 2.19. The van der Waals surface area contributed by atoms with Crippen LogP contribution in [0.15, 0.2) is 47.4 Å². The Labute approximate surface area is 83.6 Å². The highest BCUT2D eigenvalue weighted by Crippen LogP contribution is 2.09. The minimum absolute atomic E-state index is 0.0719. The van der Waals surface area contributed by atoms with Gasteiger partial charge in [0, 0.05) is 0 Å². The monoisotopic (exact) mass is 212 g/mol. The maximum atomic E-state index is 11.6. The Morgan fingerprint density at radius 2 is 1.79 bits per heavy atom. The molecule has 0 aliphatic carbocycles. The van der Waals surface area contributed by atoms with Crippen molar-refractivity contribution in [3.8, 4) is 0 Å². The van der Waals surface area contributed by atoms with E-state index in [0.29, 0.717) is 4.90 Å². The second kappa shape index (κ2) is 4.93. The third kappa shape index (κ3) is 2.97. The third-order valence-electron chi connectivity index (χ3n) is 1.69. The zero-order chi connectivity index (χ0) is 10.4. The molecular formula is C10H12O3S. The number of hydrogen-bond acceptors (Lipinski definition) is 3. The van der Waals surface area contributed by atoms with Crippen LogP contribution in [0.5, 0.6) is 0 Å². The summed E-state index contributed by atoms with van der Waals surface area (Å²) in [5, 5.41) is 8.45. The first-order valence-electron chi connectivity index (χ1n) is 4.20.